The van der Waals surface area contributed by atoms with Crippen molar-refractivity contribution in [2.75, 3.05) is 13.1 Å². The van der Waals surface area contributed by atoms with E-state index in [1.54, 1.807) is 10.9 Å². The Bertz CT molecular complexity index is 1200. The molecule has 31 heavy (non-hydrogen) atoms. The average Bonchev–Trinajstić information content (AvgIpc) is 3.41. The summed E-state index contributed by atoms with van der Waals surface area (Å²) in [6, 6.07) is 4.16. The Kier molecular flexibility index (Phi) is 6.42. The molecule has 1 aliphatic heterocycles. The van der Waals surface area contributed by atoms with Crippen LogP contribution < -0.4 is 0 Å². The number of sulfonamides is 1. The first kappa shape index (κ1) is 21.9. The molecule has 0 atom stereocenters. The van der Waals surface area contributed by atoms with Crippen molar-refractivity contribution >= 4 is 38.9 Å². The third-order valence-corrected chi connectivity index (χ3v) is 8.27. The molecule has 0 radical (unpaired) electrons. The molecular weight excluding hydrogens is 460 g/mol. The second kappa shape index (κ2) is 9.07. The van der Waals surface area contributed by atoms with E-state index in [1.165, 1.54) is 33.8 Å². The van der Waals surface area contributed by atoms with Crippen LogP contribution in [0.2, 0.25) is 5.02 Å². The Labute approximate surface area is 189 Å². The SMILES string of the molecule is Cn1cc(-c2nc(COC(=O)c3ccc(Cl)c(S(=O)(=O)N4CCCCC4)c3)cs2)cn1. The average molecular weight is 481 g/mol. The van der Waals surface area contributed by atoms with Crippen LogP contribution in [0.5, 0.6) is 0 Å². The van der Waals surface area contributed by atoms with Gasteiger partial charge in [0.15, 0.2) is 0 Å². The fourth-order valence-corrected chi connectivity index (χ4v) is 6.13. The van der Waals surface area contributed by atoms with Gasteiger partial charge < -0.3 is 4.74 Å². The number of halogens is 1. The number of esters is 1. The summed E-state index contributed by atoms with van der Waals surface area (Å²) in [5.74, 6) is -0.636. The highest BCUT2D eigenvalue weighted by atomic mass is 35.5. The number of benzene rings is 1. The standard InChI is InChI=1S/C20H21ClN4O4S2/c1-24-11-15(10-22-24)19-23-16(13-30-19)12-29-20(26)14-5-6-17(21)18(9-14)31(27,28)25-7-3-2-4-8-25/h5-6,9-11,13H,2-4,7-8,12H2,1H3. The maximum Gasteiger partial charge on any atom is 0.338 e. The summed E-state index contributed by atoms with van der Waals surface area (Å²) >= 11 is 7.60. The summed E-state index contributed by atoms with van der Waals surface area (Å²) in [6.07, 6.45) is 6.20. The smallest absolute Gasteiger partial charge is 0.338 e. The van der Waals surface area contributed by atoms with Gasteiger partial charge in [-0.15, -0.1) is 11.3 Å². The summed E-state index contributed by atoms with van der Waals surface area (Å²) in [6.45, 7) is 0.888. The normalized spacial score (nSPS) is 15.2. The highest BCUT2D eigenvalue weighted by Gasteiger charge is 2.29. The van der Waals surface area contributed by atoms with Crippen LogP contribution in [0.15, 0.2) is 40.9 Å². The van der Waals surface area contributed by atoms with E-state index >= 15 is 0 Å². The summed E-state index contributed by atoms with van der Waals surface area (Å²) in [7, 11) is -1.94. The Balaban J connectivity index is 1.47. The molecule has 0 saturated carbocycles. The molecule has 0 spiro atoms. The highest BCUT2D eigenvalue weighted by molar-refractivity contribution is 7.89. The first-order valence-electron chi connectivity index (χ1n) is 9.75. The van der Waals surface area contributed by atoms with Crippen molar-refractivity contribution in [3.63, 3.8) is 0 Å². The lowest BCUT2D eigenvalue weighted by Crippen LogP contribution is -2.35. The zero-order chi connectivity index (χ0) is 22.0. The van der Waals surface area contributed by atoms with Crippen molar-refractivity contribution in [2.45, 2.75) is 30.8 Å². The van der Waals surface area contributed by atoms with Gasteiger partial charge in [0.1, 0.15) is 16.5 Å². The molecule has 0 bridgehead atoms. The predicted octanol–water partition coefficient (Wildman–Crippen LogP) is 3.73. The lowest BCUT2D eigenvalue weighted by atomic mass is 10.2. The van der Waals surface area contributed by atoms with E-state index in [0.717, 1.165) is 29.8 Å². The van der Waals surface area contributed by atoms with Gasteiger partial charge in [0, 0.05) is 37.3 Å². The molecule has 0 aliphatic carbocycles. The van der Waals surface area contributed by atoms with E-state index in [-0.39, 0.29) is 22.1 Å². The number of aryl methyl sites for hydroxylation is 1. The number of piperidine rings is 1. The Hall–Kier alpha value is -2.27. The second-order valence-electron chi connectivity index (χ2n) is 7.23. The van der Waals surface area contributed by atoms with Crippen molar-refractivity contribution in [3.8, 4) is 10.6 Å². The number of hydrogen-bond acceptors (Lipinski definition) is 7. The fraction of sp³-hybridized carbons (Fsp3) is 0.350. The van der Waals surface area contributed by atoms with Crippen molar-refractivity contribution in [1.29, 1.82) is 0 Å². The highest BCUT2D eigenvalue weighted by Crippen LogP contribution is 2.28. The fourth-order valence-electron chi connectivity index (χ4n) is 3.33. The van der Waals surface area contributed by atoms with E-state index in [2.05, 4.69) is 10.1 Å². The van der Waals surface area contributed by atoms with Crippen LogP contribution in [0.4, 0.5) is 0 Å². The molecule has 3 heterocycles. The van der Waals surface area contributed by atoms with Crippen LogP contribution in [-0.4, -0.2) is 46.5 Å². The molecule has 11 heteroatoms. The summed E-state index contributed by atoms with van der Waals surface area (Å²) in [5, 5.41) is 6.79. The minimum absolute atomic E-state index is 0.0214. The molecular formula is C20H21ClN4O4S2. The number of ether oxygens (including phenoxy) is 1. The van der Waals surface area contributed by atoms with Gasteiger partial charge in [0.05, 0.1) is 22.5 Å². The number of hydrogen-bond donors (Lipinski definition) is 0. The molecule has 1 aromatic carbocycles. The van der Waals surface area contributed by atoms with Gasteiger partial charge in [-0.05, 0) is 31.0 Å². The van der Waals surface area contributed by atoms with Gasteiger partial charge >= 0.3 is 5.97 Å². The first-order chi connectivity index (χ1) is 14.8. The van der Waals surface area contributed by atoms with E-state index in [1.807, 2.05) is 18.6 Å². The maximum atomic E-state index is 13.0. The van der Waals surface area contributed by atoms with Crippen molar-refractivity contribution in [2.24, 2.45) is 7.05 Å². The quantitative estimate of drug-likeness (QED) is 0.499. The number of aromatic nitrogens is 3. The molecule has 164 valence electrons. The van der Waals surface area contributed by atoms with Crippen LogP contribution in [0.3, 0.4) is 0 Å². The van der Waals surface area contributed by atoms with E-state index in [4.69, 9.17) is 16.3 Å². The number of nitrogens with zero attached hydrogens (tertiary/aromatic N) is 4. The molecule has 4 rings (SSSR count). The molecule has 1 aliphatic rings. The minimum atomic E-state index is -3.77. The number of carbonyl (C=O) groups excluding carboxylic acids is 1. The summed E-state index contributed by atoms with van der Waals surface area (Å²) < 4.78 is 34.4. The zero-order valence-electron chi connectivity index (χ0n) is 16.8. The van der Waals surface area contributed by atoms with Gasteiger partial charge in [-0.25, -0.2) is 18.2 Å². The zero-order valence-corrected chi connectivity index (χ0v) is 19.2. The van der Waals surface area contributed by atoms with Gasteiger partial charge in [-0.1, -0.05) is 18.0 Å². The van der Waals surface area contributed by atoms with E-state index < -0.39 is 16.0 Å². The Morgan fingerprint density at radius 2 is 2.03 bits per heavy atom. The number of carbonyl (C=O) groups is 1. The second-order valence-corrected chi connectivity index (χ2v) is 10.4. The van der Waals surface area contributed by atoms with Gasteiger partial charge in [0.25, 0.3) is 0 Å². The van der Waals surface area contributed by atoms with E-state index in [9.17, 15) is 13.2 Å². The molecule has 8 nitrogen and oxygen atoms in total. The minimum Gasteiger partial charge on any atom is -0.456 e. The lowest BCUT2D eigenvalue weighted by Gasteiger charge is -2.26. The topological polar surface area (TPSA) is 94.4 Å². The molecule has 0 unspecified atom stereocenters. The molecule has 0 N–H and O–H groups in total. The maximum absolute atomic E-state index is 13.0. The van der Waals surface area contributed by atoms with Gasteiger partial charge in [0.2, 0.25) is 10.0 Å². The largest absolute Gasteiger partial charge is 0.456 e. The monoisotopic (exact) mass is 480 g/mol. The molecule has 2 aromatic heterocycles. The Morgan fingerprint density at radius 3 is 2.74 bits per heavy atom. The molecule has 1 saturated heterocycles. The molecule has 1 fully saturated rings. The Morgan fingerprint density at radius 1 is 1.26 bits per heavy atom. The van der Waals surface area contributed by atoms with Crippen LogP contribution in [0.25, 0.3) is 10.6 Å². The third kappa shape index (κ3) is 4.82. The van der Waals surface area contributed by atoms with Gasteiger partial charge in [-0.2, -0.15) is 9.40 Å². The summed E-state index contributed by atoms with van der Waals surface area (Å²) in [5.41, 5.74) is 1.62. The number of thiazole rings is 1. The first-order valence-corrected chi connectivity index (χ1v) is 12.4. The number of rotatable bonds is 6. The van der Waals surface area contributed by atoms with Crippen LogP contribution in [0.1, 0.15) is 35.3 Å². The van der Waals surface area contributed by atoms with Crippen molar-refractivity contribution in [1.82, 2.24) is 19.1 Å². The van der Waals surface area contributed by atoms with Crippen LogP contribution in [-0.2, 0) is 28.4 Å². The lowest BCUT2D eigenvalue weighted by molar-refractivity contribution is 0.0468. The molecule has 3 aromatic rings. The van der Waals surface area contributed by atoms with Gasteiger partial charge in [-0.3, -0.25) is 4.68 Å². The van der Waals surface area contributed by atoms with Crippen molar-refractivity contribution < 1.29 is 17.9 Å². The van der Waals surface area contributed by atoms with Crippen LogP contribution >= 0.6 is 22.9 Å². The third-order valence-electron chi connectivity index (χ3n) is 4.95. The van der Waals surface area contributed by atoms with E-state index in [0.29, 0.717) is 18.8 Å². The summed E-state index contributed by atoms with van der Waals surface area (Å²) in [4.78, 5) is 16.9. The predicted molar refractivity (Wildman–Crippen MR) is 117 cm³/mol. The van der Waals surface area contributed by atoms with Crippen molar-refractivity contribution in [3.05, 3.63) is 52.3 Å². The van der Waals surface area contributed by atoms with Crippen LogP contribution in [0, 0.1) is 0 Å². The molecule has 0 amide bonds.